The molecule has 1 amide bonds. The number of amides is 1. The largest absolute Gasteiger partial charge is 0.381 e. The van der Waals surface area contributed by atoms with Crippen LogP contribution in [-0.4, -0.2) is 55.7 Å². The molecule has 2 rings (SSSR count). The van der Waals surface area contributed by atoms with Gasteiger partial charge in [0.15, 0.2) is 0 Å². The number of nitrogens with one attached hydrogen (secondary N) is 1. The van der Waals surface area contributed by atoms with Crippen LogP contribution in [0.25, 0.3) is 0 Å². The number of hydrogen-bond acceptors (Lipinski definition) is 4. The SMILES string of the molecule is CN(CC(NC1CC1)C(N)=O)C1CCOCC1. The van der Waals surface area contributed by atoms with Crippen molar-refractivity contribution in [3.05, 3.63) is 0 Å². The Balaban J connectivity index is 1.80. The van der Waals surface area contributed by atoms with Crippen LogP contribution >= 0.6 is 0 Å². The zero-order valence-electron chi connectivity index (χ0n) is 10.5. The molecule has 1 saturated carbocycles. The maximum absolute atomic E-state index is 11.4. The lowest BCUT2D eigenvalue weighted by atomic mass is 10.1. The monoisotopic (exact) mass is 241 g/mol. The second-order valence-electron chi connectivity index (χ2n) is 5.18. The molecule has 0 spiro atoms. The lowest BCUT2D eigenvalue weighted by Gasteiger charge is -2.33. The molecule has 1 atom stereocenters. The molecule has 0 bridgehead atoms. The van der Waals surface area contributed by atoms with Crippen LogP contribution in [0.4, 0.5) is 0 Å². The quantitative estimate of drug-likeness (QED) is 0.670. The van der Waals surface area contributed by atoms with E-state index in [9.17, 15) is 4.79 Å². The number of carbonyl (C=O) groups is 1. The summed E-state index contributed by atoms with van der Waals surface area (Å²) in [5.74, 6) is -0.240. The van der Waals surface area contributed by atoms with Crippen molar-refractivity contribution in [2.45, 2.75) is 43.8 Å². The smallest absolute Gasteiger partial charge is 0.235 e. The van der Waals surface area contributed by atoms with E-state index in [1.165, 1.54) is 12.8 Å². The molecule has 0 aromatic carbocycles. The van der Waals surface area contributed by atoms with Crippen LogP contribution < -0.4 is 11.1 Å². The van der Waals surface area contributed by atoms with Gasteiger partial charge in [-0.2, -0.15) is 0 Å². The molecule has 5 nitrogen and oxygen atoms in total. The first-order valence-corrected chi connectivity index (χ1v) is 6.50. The van der Waals surface area contributed by atoms with Crippen molar-refractivity contribution in [3.63, 3.8) is 0 Å². The maximum Gasteiger partial charge on any atom is 0.235 e. The summed E-state index contributed by atoms with van der Waals surface area (Å²) in [5, 5.41) is 3.31. The van der Waals surface area contributed by atoms with Crippen LogP contribution in [0, 0.1) is 0 Å². The van der Waals surface area contributed by atoms with Gasteiger partial charge in [0, 0.05) is 31.8 Å². The van der Waals surface area contributed by atoms with Crippen LogP contribution in [0.2, 0.25) is 0 Å². The van der Waals surface area contributed by atoms with Crippen molar-refractivity contribution in [1.29, 1.82) is 0 Å². The van der Waals surface area contributed by atoms with Crippen molar-refractivity contribution in [2.24, 2.45) is 5.73 Å². The van der Waals surface area contributed by atoms with E-state index in [1.807, 2.05) is 0 Å². The van der Waals surface area contributed by atoms with Gasteiger partial charge in [0.05, 0.1) is 6.04 Å². The van der Waals surface area contributed by atoms with Crippen LogP contribution in [0.3, 0.4) is 0 Å². The van der Waals surface area contributed by atoms with Crippen molar-refractivity contribution in [3.8, 4) is 0 Å². The summed E-state index contributed by atoms with van der Waals surface area (Å²) in [6, 6.07) is 0.817. The van der Waals surface area contributed by atoms with Gasteiger partial charge >= 0.3 is 0 Å². The topological polar surface area (TPSA) is 67.6 Å². The lowest BCUT2D eigenvalue weighted by molar-refractivity contribution is -0.120. The molecule has 1 aliphatic carbocycles. The molecule has 0 aromatic rings. The van der Waals surface area contributed by atoms with E-state index in [0.717, 1.165) is 26.1 Å². The Bertz CT molecular complexity index is 262. The zero-order chi connectivity index (χ0) is 12.3. The second-order valence-corrected chi connectivity index (χ2v) is 5.18. The molecule has 2 aliphatic rings. The van der Waals surface area contributed by atoms with Gasteiger partial charge in [0.2, 0.25) is 5.91 Å². The van der Waals surface area contributed by atoms with Crippen LogP contribution in [-0.2, 0) is 9.53 Å². The van der Waals surface area contributed by atoms with Crippen molar-refractivity contribution >= 4 is 5.91 Å². The van der Waals surface area contributed by atoms with Gasteiger partial charge in [0.25, 0.3) is 0 Å². The highest BCUT2D eigenvalue weighted by molar-refractivity contribution is 5.80. The predicted octanol–water partition coefficient (Wildman–Crippen LogP) is -0.297. The Hall–Kier alpha value is -0.650. The van der Waals surface area contributed by atoms with Gasteiger partial charge in [-0.25, -0.2) is 0 Å². The Labute approximate surface area is 103 Å². The summed E-state index contributed by atoms with van der Waals surface area (Å²) >= 11 is 0. The average molecular weight is 241 g/mol. The Morgan fingerprint density at radius 3 is 2.59 bits per heavy atom. The van der Waals surface area contributed by atoms with E-state index in [4.69, 9.17) is 10.5 Å². The number of carbonyl (C=O) groups excluding carboxylic acids is 1. The first-order valence-electron chi connectivity index (χ1n) is 6.50. The minimum atomic E-state index is -0.240. The fourth-order valence-corrected chi connectivity index (χ4v) is 2.32. The second kappa shape index (κ2) is 5.80. The van der Waals surface area contributed by atoms with Crippen molar-refractivity contribution < 1.29 is 9.53 Å². The van der Waals surface area contributed by atoms with Crippen LogP contribution in [0.5, 0.6) is 0 Å². The summed E-state index contributed by atoms with van der Waals surface area (Å²) in [7, 11) is 2.07. The van der Waals surface area contributed by atoms with Crippen molar-refractivity contribution in [1.82, 2.24) is 10.2 Å². The molecule has 3 N–H and O–H groups in total. The molecule has 1 unspecified atom stereocenters. The summed E-state index contributed by atoms with van der Waals surface area (Å²) in [4.78, 5) is 13.6. The minimum Gasteiger partial charge on any atom is -0.381 e. The first-order chi connectivity index (χ1) is 8.16. The van der Waals surface area contributed by atoms with E-state index in [1.54, 1.807) is 0 Å². The van der Waals surface area contributed by atoms with E-state index in [0.29, 0.717) is 18.6 Å². The number of primary amides is 1. The average Bonchev–Trinajstić information content (AvgIpc) is 3.13. The highest BCUT2D eigenvalue weighted by atomic mass is 16.5. The number of nitrogens with two attached hydrogens (primary N) is 1. The van der Waals surface area contributed by atoms with E-state index >= 15 is 0 Å². The maximum atomic E-state index is 11.4. The standard InChI is InChI=1S/C12H23N3O2/c1-15(10-4-6-17-7-5-10)8-11(12(13)16)14-9-2-3-9/h9-11,14H,2-8H2,1H3,(H2,13,16). The molecule has 2 fully saturated rings. The first kappa shape index (κ1) is 12.8. The van der Waals surface area contributed by atoms with Gasteiger partial charge < -0.3 is 20.7 Å². The molecule has 17 heavy (non-hydrogen) atoms. The number of ether oxygens (including phenoxy) is 1. The van der Waals surface area contributed by atoms with Gasteiger partial charge in [-0.1, -0.05) is 0 Å². The molecule has 1 aliphatic heterocycles. The molecule has 1 saturated heterocycles. The normalized spacial score (nSPS) is 23.9. The van der Waals surface area contributed by atoms with Crippen molar-refractivity contribution in [2.75, 3.05) is 26.8 Å². The Morgan fingerprint density at radius 2 is 2.06 bits per heavy atom. The third-order valence-corrected chi connectivity index (χ3v) is 3.64. The van der Waals surface area contributed by atoms with Gasteiger partial charge in [-0.3, -0.25) is 4.79 Å². The Morgan fingerprint density at radius 1 is 1.41 bits per heavy atom. The zero-order valence-corrected chi connectivity index (χ0v) is 10.5. The van der Waals surface area contributed by atoms with E-state index < -0.39 is 0 Å². The van der Waals surface area contributed by atoms with Crippen LogP contribution in [0.1, 0.15) is 25.7 Å². The fraction of sp³-hybridized carbons (Fsp3) is 0.917. The molecular formula is C12H23N3O2. The third kappa shape index (κ3) is 3.94. The minimum absolute atomic E-state index is 0.213. The third-order valence-electron chi connectivity index (χ3n) is 3.64. The molecule has 5 heteroatoms. The molecular weight excluding hydrogens is 218 g/mol. The molecule has 0 aromatic heterocycles. The lowest BCUT2D eigenvalue weighted by Crippen LogP contribution is -2.51. The fourth-order valence-electron chi connectivity index (χ4n) is 2.32. The van der Waals surface area contributed by atoms with Gasteiger partial charge in [-0.15, -0.1) is 0 Å². The summed E-state index contributed by atoms with van der Waals surface area (Å²) in [6.07, 6.45) is 4.44. The summed E-state index contributed by atoms with van der Waals surface area (Å²) in [6.45, 7) is 2.36. The predicted molar refractivity (Wildman–Crippen MR) is 65.6 cm³/mol. The highest BCUT2D eigenvalue weighted by Crippen LogP contribution is 2.20. The van der Waals surface area contributed by atoms with Crippen LogP contribution in [0.15, 0.2) is 0 Å². The number of hydrogen-bond donors (Lipinski definition) is 2. The molecule has 0 radical (unpaired) electrons. The van der Waals surface area contributed by atoms with E-state index in [2.05, 4.69) is 17.3 Å². The number of nitrogens with zero attached hydrogens (tertiary/aromatic N) is 1. The number of likely N-dealkylation sites (N-methyl/N-ethyl adjacent to an activating group) is 1. The highest BCUT2D eigenvalue weighted by Gasteiger charge is 2.29. The van der Waals surface area contributed by atoms with Gasteiger partial charge in [-0.05, 0) is 32.7 Å². The molecule has 98 valence electrons. The summed E-state index contributed by atoms with van der Waals surface area (Å²) in [5.41, 5.74) is 5.44. The Kier molecular flexibility index (Phi) is 4.36. The molecule has 1 heterocycles. The van der Waals surface area contributed by atoms with E-state index in [-0.39, 0.29) is 11.9 Å². The van der Waals surface area contributed by atoms with Gasteiger partial charge in [0.1, 0.15) is 0 Å². The summed E-state index contributed by atoms with van der Waals surface area (Å²) < 4.78 is 5.34. The number of rotatable bonds is 6.